The number of nitrogen functional groups attached to an aromatic ring is 1. The van der Waals surface area contributed by atoms with Crippen LogP contribution in [0.2, 0.25) is 0 Å². The molecule has 0 unspecified atom stereocenters. The molecule has 2 nitrogen and oxygen atoms in total. The molecule has 0 fully saturated rings. The Hall–Kier alpha value is -1.04. The second-order valence-electron chi connectivity index (χ2n) is 2.61. The Kier molecular flexibility index (Phi) is 2.84. The summed E-state index contributed by atoms with van der Waals surface area (Å²) in [5.74, 6) is -0.386. The lowest BCUT2D eigenvalue weighted by Gasteiger charge is -2.10. The van der Waals surface area contributed by atoms with E-state index in [4.69, 9.17) is 11.1 Å². The van der Waals surface area contributed by atoms with Crippen LogP contribution in [0.15, 0.2) is 22.7 Å². The van der Waals surface area contributed by atoms with E-state index in [9.17, 15) is 13.2 Å². The maximum absolute atomic E-state index is 12.4. The summed E-state index contributed by atoms with van der Waals surface area (Å²) < 4.78 is 37.0. The fourth-order valence-corrected chi connectivity index (χ4v) is 1.38. The molecule has 76 valence electrons. The fourth-order valence-electron chi connectivity index (χ4n) is 0.910. The third-order valence-corrected chi connectivity index (χ3v) is 2.27. The van der Waals surface area contributed by atoms with Gasteiger partial charge < -0.3 is 5.73 Å². The fraction of sp³-hybridized carbons (Fsp3) is 0.125. The number of nitrogens with two attached hydrogens (primary N) is 1. The Labute approximate surface area is 86.6 Å². The first-order chi connectivity index (χ1) is 6.32. The number of nitrogens with one attached hydrogen (secondary N) is 1. The van der Waals surface area contributed by atoms with Crippen molar-refractivity contribution in [2.75, 3.05) is 0 Å². The molecule has 0 heterocycles. The van der Waals surface area contributed by atoms with Crippen LogP contribution in [0.3, 0.4) is 0 Å². The van der Waals surface area contributed by atoms with Crippen LogP contribution < -0.4 is 5.73 Å². The molecule has 0 amide bonds. The second kappa shape index (κ2) is 3.61. The number of hydrogen-bond donors (Lipinski definition) is 2. The van der Waals surface area contributed by atoms with Gasteiger partial charge in [0.25, 0.3) is 0 Å². The van der Waals surface area contributed by atoms with E-state index in [1.54, 1.807) is 0 Å². The van der Waals surface area contributed by atoms with Crippen LogP contribution >= 0.6 is 15.9 Å². The second-order valence-corrected chi connectivity index (χ2v) is 3.46. The minimum absolute atomic E-state index is 0.0560. The van der Waals surface area contributed by atoms with Crippen molar-refractivity contribution >= 4 is 21.8 Å². The molecule has 0 spiro atoms. The van der Waals surface area contributed by atoms with Crippen LogP contribution in [-0.2, 0) is 6.18 Å². The predicted octanol–water partition coefficient (Wildman–Crippen LogP) is 2.75. The molecule has 0 aliphatic rings. The zero-order valence-electron chi connectivity index (χ0n) is 6.82. The number of alkyl halides is 3. The molecule has 0 bridgehead atoms. The summed E-state index contributed by atoms with van der Waals surface area (Å²) >= 11 is 2.78. The van der Waals surface area contributed by atoms with Crippen molar-refractivity contribution < 1.29 is 13.2 Å². The third-order valence-electron chi connectivity index (χ3n) is 1.58. The Morgan fingerprint density at radius 1 is 1.36 bits per heavy atom. The highest BCUT2D eigenvalue weighted by molar-refractivity contribution is 9.10. The quantitative estimate of drug-likeness (QED) is 0.596. The molecule has 0 aliphatic carbocycles. The molecule has 1 rings (SSSR count). The van der Waals surface area contributed by atoms with Gasteiger partial charge in [0.2, 0.25) is 0 Å². The van der Waals surface area contributed by atoms with Crippen molar-refractivity contribution in [3.05, 3.63) is 33.8 Å². The van der Waals surface area contributed by atoms with Gasteiger partial charge in [0.05, 0.1) is 5.56 Å². The van der Waals surface area contributed by atoms with Gasteiger partial charge in [0.1, 0.15) is 5.84 Å². The summed E-state index contributed by atoms with van der Waals surface area (Å²) in [6.07, 6.45) is -4.44. The van der Waals surface area contributed by atoms with Gasteiger partial charge in [-0.15, -0.1) is 0 Å². The highest BCUT2D eigenvalue weighted by Gasteiger charge is 2.33. The van der Waals surface area contributed by atoms with E-state index in [2.05, 4.69) is 15.9 Å². The molecule has 6 heteroatoms. The van der Waals surface area contributed by atoms with Gasteiger partial charge in [0, 0.05) is 10.0 Å². The average Bonchev–Trinajstić information content (AvgIpc) is 2.02. The third kappa shape index (κ3) is 2.25. The van der Waals surface area contributed by atoms with E-state index in [-0.39, 0.29) is 15.9 Å². The predicted molar refractivity (Wildman–Crippen MR) is 50.2 cm³/mol. The van der Waals surface area contributed by atoms with Crippen molar-refractivity contribution in [3.63, 3.8) is 0 Å². The van der Waals surface area contributed by atoms with Gasteiger partial charge >= 0.3 is 6.18 Å². The van der Waals surface area contributed by atoms with Crippen molar-refractivity contribution in [1.29, 1.82) is 5.41 Å². The van der Waals surface area contributed by atoms with Crippen molar-refractivity contribution in [2.45, 2.75) is 6.18 Å². The summed E-state index contributed by atoms with van der Waals surface area (Å²) in [5, 5.41) is 7.00. The molecule has 0 aromatic heterocycles. The summed E-state index contributed by atoms with van der Waals surface area (Å²) in [7, 11) is 0. The molecule has 14 heavy (non-hydrogen) atoms. The van der Waals surface area contributed by atoms with Crippen molar-refractivity contribution in [3.8, 4) is 0 Å². The van der Waals surface area contributed by atoms with Gasteiger partial charge in [-0.05, 0) is 12.1 Å². The molecule has 0 aliphatic heterocycles. The van der Waals surface area contributed by atoms with Gasteiger partial charge in [-0.25, -0.2) is 0 Å². The summed E-state index contributed by atoms with van der Waals surface area (Å²) in [6.45, 7) is 0. The zero-order valence-corrected chi connectivity index (χ0v) is 8.41. The van der Waals surface area contributed by atoms with E-state index in [1.165, 1.54) is 12.1 Å². The zero-order chi connectivity index (χ0) is 10.9. The first kappa shape index (κ1) is 11.0. The van der Waals surface area contributed by atoms with E-state index in [0.29, 0.717) is 0 Å². The molecule has 3 N–H and O–H groups in total. The van der Waals surface area contributed by atoms with E-state index in [1.807, 2.05) is 0 Å². The summed E-state index contributed by atoms with van der Waals surface area (Å²) in [4.78, 5) is 0. The van der Waals surface area contributed by atoms with Crippen LogP contribution in [0.4, 0.5) is 13.2 Å². The molecule has 0 saturated heterocycles. The molecular weight excluding hydrogens is 261 g/mol. The number of rotatable bonds is 1. The van der Waals surface area contributed by atoms with Gasteiger partial charge in [-0.2, -0.15) is 13.2 Å². The average molecular weight is 267 g/mol. The minimum atomic E-state index is -4.44. The maximum atomic E-state index is 12.4. The Balaban J connectivity index is 3.29. The highest BCUT2D eigenvalue weighted by atomic mass is 79.9. The molecule has 1 aromatic rings. The number of amidine groups is 1. The monoisotopic (exact) mass is 266 g/mol. The lowest BCUT2D eigenvalue weighted by atomic mass is 10.1. The number of benzene rings is 1. The Bertz CT molecular complexity index is 373. The van der Waals surface area contributed by atoms with Crippen LogP contribution in [0.5, 0.6) is 0 Å². The smallest absolute Gasteiger partial charge is 0.384 e. The SMILES string of the molecule is N=C(N)c1ccc(Br)c(C(F)(F)F)c1. The molecule has 0 radical (unpaired) electrons. The van der Waals surface area contributed by atoms with Crippen LogP contribution in [0.1, 0.15) is 11.1 Å². The lowest BCUT2D eigenvalue weighted by molar-refractivity contribution is -0.138. The van der Waals surface area contributed by atoms with Gasteiger partial charge in [0.15, 0.2) is 0 Å². The largest absolute Gasteiger partial charge is 0.417 e. The topological polar surface area (TPSA) is 49.9 Å². The molecule has 0 atom stereocenters. The number of hydrogen-bond acceptors (Lipinski definition) is 1. The first-order valence-electron chi connectivity index (χ1n) is 3.53. The number of halogens is 4. The Morgan fingerprint density at radius 2 is 1.93 bits per heavy atom. The van der Waals surface area contributed by atoms with E-state index >= 15 is 0 Å². The molecule has 0 saturated carbocycles. The summed E-state index contributed by atoms with van der Waals surface area (Å²) in [6, 6.07) is 3.41. The van der Waals surface area contributed by atoms with Crippen molar-refractivity contribution in [2.24, 2.45) is 5.73 Å². The standard InChI is InChI=1S/C8H6BrF3N2/c9-6-2-1-4(7(13)14)3-5(6)8(10,11)12/h1-3H,(H3,13,14). The molecule has 1 aromatic carbocycles. The molecular formula is C8H6BrF3N2. The maximum Gasteiger partial charge on any atom is 0.417 e. The Morgan fingerprint density at radius 3 is 2.36 bits per heavy atom. The van der Waals surface area contributed by atoms with Crippen LogP contribution in [0, 0.1) is 5.41 Å². The lowest BCUT2D eigenvalue weighted by Crippen LogP contribution is -2.13. The summed E-state index contributed by atoms with van der Waals surface area (Å²) in [5.41, 5.74) is 4.30. The highest BCUT2D eigenvalue weighted by Crippen LogP contribution is 2.35. The van der Waals surface area contributed by atoms with Crippen LogP contribution in [-0.4, -0.2) is 5.84 Å². The minimum Gasteiger partial charge on any atom is -0.384 e. The normalized spacial score (nSPS) is 11.4. The van der Waals surface area contributed by atoms with E-state index in [0.717, 1.165) is 6.07 Å². The van der Waals surface area contributed by atoms with E-state index < -0.39 is 11.7 Å². The first-order valence-corrected chi connectivity index (χ1v) is 4.33. The van der Waals surface area contributed by atoms with Crippen LogP contribution in [0.25, 0.3) is 0 Å². The van der Waals surface area contributed by atoms with Gasteiger partial charge in [-0.1, -0.05) is 22.0 Å². The van der Waals surface area contributed by atoms with Gasteiger partial charge in [-0.3, -0.25) is 5.41 Å². The van der Waals surface area contributed by atoms with Crippen molar-refractivity contribution in [1.82, 2.24) is 0 Å².